The van der Waals surface area contributed by atoms with Crippen LogP contribution in [0.15, 0.2) is 24.3 Å². The first-order valence-electron chi connectivity index (χ1n) is 7.60. The van der Waals surface area contributed by atoms with Gasteiger partial charge < -0.3 is 5.32 Å². The van der Waals surface area contributed by atoms with Crippen molar-refractivity contribution in [3.8, 4) is 0 Å². The minimum atomic E-state index is -0.362. The zero-order chi connectivity index (χ0) is 16.5. The lowest BCUT2D eigenvalue weighted by Gasteiger charge is -2.28. The lowest BCUT2D eigenvalue weighted by Crippen LogP contribution is -2.29. The molecule has 118 valence electrons. The summed E-state index contributed by atoms with van der Waals surface area (Å²) in [5.41, 5.74) is 3.94. The van der Waals surface area contributed by atoms with E-state index >= 15 is 0 Å². The molecule has 0 fully saturated rings. The summed E-state index contributed by atoms with van der Waals surface area (Å²) in [7, 11) is 0. The largest absolute Gasteiger partial charge is 0.359 e. The summed E-state index contributed by atoms with van der Waals surface area (Å²) >= 11 is 0. The molecule has 0 radical (unpaired) electrons. The minimum absolute atomic E-state index is 0.229. The second-order valence-corrected chi connectivity index (χ2v) is 6.60. The van der Waals surface area contributed by atoms with Crippen molar-refractivity contribution in [1.29, 1.82) is 0 Å². The van der Waals surface area contributed by atoms with Crippen LogP contribution in [0.2, 0.25) is 0 Å². The smallest absolute Gasteiger partial charge is 0.152 e. The molecular weight excluding hydrogens is 277 g/mol. The zero-order valence-electron chi connectivity index (χ0n) is 14.2. The van der Waals surface area contributed by atoms with Crippen LogP contribution in [0, 0.1) is 19.7 Å². The second-order valence-electron chi connectivity index (χ2n) is 6.60. The maximum atomic E-state index is 13.1. The van der Waals surface area contributed by atoms with E-state index in [2.05, 4.69) is 43.2 Å². The van der Waals surface area contributed by atoms with E-state index in [0.29, 0.717) is 5.92 Å². The average Bonchev–Trinajstić information content (AvgIpc) is 2.44. The molecule has 1 aromatic heterocycles. The molecule has 4 heteroatoms. The molecule has 0 unspecified atom stereocenters. The van der Waals surface area contributed by atoms with E-state index in [1.54, 1.807) is 12.1 Å². The molecule has 3 nitrogen and oxygen atoms in total. The highest BCUT2D eigenvalue weighted by atomic mass is 19.1. The van der Waals surface area contributed by atoms with Crippen molar-refractivity contribution in [3.63, 3.8) is 0 Å². The summed E-state index contributed by atoms with van der Waals surface area (Å²) in [4.78, 5) is 0. The van der Waals surface area contributed by atoms with Crippen LogP contribution in [0.3, 0.4) is 0 Å². The van der Waals surface area contributed by atoms with Gasteiger partial charge in [-0.25, -0.2) is 4.39 Å². The lowest BCUT2D eigenvalue weighted by molar-refractivity contribution is 0.592. The molecule has 2 rings (SSSR count). The predicted molar refractivity (Wildman–Crippen MR) is 88.6 cm³/mol. The summed E-state index contributed by atoms with van der Waals surface area (Å²) in [5.74, 6) is 0.897. The fourth-order valence-corrected chi connectivity index (χ4v) is 2.53. The lowest BCUT2D eigenvalue weighted by atomic mass is 9.93. The fourth-order valence-electron chi connectivity index (χ4n) is 2.53. The average molecular weight is 301 g/mol. The van der Waals surface area contributed by atoms with E-state index in [1.807, 2.05) is 13.8 Å². The Morgan fingerprint density at radius 1 is 1.00 bits per heavy atom. The van der Waals surface area contributed by atoms with E-state index < -0.39 is 0 Å². The van der Waals surface area contributed by atoms with Crippen LogP contribution >= 0.6 is 0 Å². The van der Waals surface area contributed by atoms with Gasteiger partial charge in [0.15, 0.2) is 5.82 Å². The van der Waals surface area contributed by atoms with Crippen molar-refractivity contribution >= 4 is 5.82 Å². The number of nitrogens with zero attached hydrogens (tertiary/aromatic N) is 2. The summed E-state index contributed by atoms with van der Waals surface area (Å²) in [6.07, 6.45) is 0. The van der Waals surface area contributed by atoms with Gasteiger partial charge in [0.2, 0.25) is 0 Å². The van der Waals surface area contributed by atoms with Gasteiger partial charge in [0, 0.05) is 0 Å². The summed E-state index contributed by atoms with van der Waals surface area (Å²) in [6, 6.07) is 6.54. The highest BCUT2D eigenvalue weighted by molar-refractivity contribution is 5.51. The first-order chi connectivity index (χ1) is 10.2. The Morgan fingerprint density at radius 2 is 1.59 bits per heavy atom. The van der Waals surface area contributed by atoms with Crippen LogP contribution in [-0.2, 0) is 5.54 Å². The van der Waals surface area contributed by atoms with Gasteiger partial charge in [-0.2, -0.15) is 5.10 Å². The van der Waals surface area contributed by atoms with Crippen molar-refractivity contribution in [1.82, 2.24) is 10.2 Å². The third kappa shape index (κ3) is 3.26. The van der Waals surface area contributed by atoms with E-state index in [0.717, 1.165) is 22.6 Å². The van der Waals surface area contributed by atoms with Crippen LogP contribution < -0.4 is 5.32 Å². The molecule has 0 aliphatic rings. The van der Waals surface area contributed by atoms with Gasteiger partial charge in [0.1, 0.15) is 5.82 Å². The number of hydrogen-bond acceptors (Lipinski definition) is 3. The summed E-state index contributed by atoms with van der Waals surface area (Å²) in [5, 5.41) is 12.1. The molecule has 1 heterocycles. The van der Waals surface area contributed by atoms with Crippen LogP contribution in [0.25, 0.3) is 0 Å². The first-order valence-corrected chi connectivity index (χ1v) is 7.60. The maximum Gasteiger partial charge on any atom is 0.152 e. The molecule has 0 saturated heterocycles. The number of anilines is 1. The molecule has 1 aromatic carbocycles. The quantitative estimate of drug-likeness (QED) is 0.889. The summed E-state index contributed by atoms with van der Waals surface area (Å²) < 4.78 is 13.1. The molecule has 0 amide bonds. The highest BCUT2D eigenvalue weighted by Gasteiger charge is 2.23. The van der Waals surface area contributed by atoms with E-state index in [-0.39, 0.29) is 11.4 Å². The van der Waals surface area contributed by atoms with Crippen LogP contribution in [0.5, 0.6) is 0 Å². The van der Waals surface area contributed by atoms with Crippen molar-refractivity contribution < 1.29 is 4.39 Å². The number of nitrogens with one attached hydrogen (secondary N) is 1. The number of hydrogen-bond donors (Lipinski definition) is 1. The van der Waals surface area contributed by atoms with E-state index in [9.17, 15) is 4.39 Å². The van der Waals surface area contributed by atoms with Crippen LogP contribution in [0.4, 0.5) is 10.2 Å². The predicted octanol–water partition coefficient (Wildman–Crippen LogP) is 4.70. The van der Waals surface area contributed by atoms with Gasteiger partial charge in [-0.05, 0) is 62.4 Å². The molecule has 0 spiro atoms. The van der Waals surface area contributed by atoms with Gasteiger partial charge in [-0.1, -0.05) is 26.0 Å². The molecule has 22 heavy (non-hydrogen) atoms. The third-order valence-electron chi connectivity index (χ3n) is 4.10. The van der Waals surface area contributed by atoms with Gasteiger partial charge in [-0.15, -0.1) is 5.10 Å². The second kappa shape index (κ2) is 6.03. The molecule has 0 atom stereocenters. The standard InChI is InChI=1S/C18H24FN3/c1-11(2)16-12(3)13(4)17(22-21-16)20-18(5,6)14-7-9-15(19)10-8-14/h7-11H,1-6H3,(H,20,22). The topological polar surface area (TPSA) is 37.8 Å². The van der Waals surface area contributed by atoms with Crippen molar-refractivity contribution in [2.75, 3.05) is 5.32 Å². The van der Waals surface area contributed by atoms with Crippen LogP contribution in [0.1, 0.15) is 56.0 Å². The molecule has 0 bridgehead atoms. The van der Waals surface area contributed by atoms with E-state index in [4.69, 9.17) is 0 Å². The fraction of sp³-hybridized carbons (Fsp3) is 0.444. The molecule has 2 aromatic rings. The minimum Gasteiger partial charge on any atom is -0.359 e. The molecule has 1 N–H and O–H groups in total. The Balaban J connectivity index is 2.33. The van der Waals surface area contributed by atoms with Crippen molar-refractivity contribution in [2.24, 2.45) is 0 Å². The Kier molecular flexibility index (Phi) is 4.50. The normalized spacial score (nSPS) is 11.8. The van der Waals surface area contributed by atoms with Crippen LogP contribution in [-0.4, -0.2) is 10.2 Å². The van der Waals surface area contributed by atoms with Gasteiger partial charge in [0.25, 0.3) is 0 Å². The van der Waals surface area contributed by atoms with Gasteiger partial charge in [0.05, 0.1) is 11.2 Å². The van der Waals surface area contributed by atoms with Crippen molar-refractivity contribution in [3.05, 3.63) is 52.5 Å². The zero-order valence-corrected chi connectivity index (χ0v) is 14.2. The molecule has 0 saturated carbocycles. The Morgan fingerprint density at radius 3 is 2.14 bits per heavy atom. The first kappa shape index (κ1) is 16.4. The van der Waals surface area contributed by atoms with Gasteiger partial charge >= 0.3 is 0 Å². The SMILES string of the molecule is Cc1c(NC(C)(C)c2ccc(F)cc2)nnc(C(C)C)c1C. The highest BCUT2D eigenvalue weighted by Crippen LogP contribution is 2.29. The number of halogens is 1. The molecular formula is C18H24FN3. The number of benzene rings is 1. The Labute approximate surface area is 132 Å². The van der Waals surface area contributed by atoms with Crippen molar-refractivity contribution in [2.45, 2.75) is 53.0 Å². The van der Waals surface area contributed by atoms with E-state index in [1.165, 1.54) is 17.7 Å². The maximum absolute atomic E-state index is 13.1. The molecule has 0 aliphatic heterocycles. The third-order valence-corrected chi connectivity index (χ3v) is 4.10. The molecule has 0 aliphatic carbocycles. The Hall–Kier alpha value is -1.97. The Bertz CT molecular complexity index is 661. The summed E-state index contributed by atoms with van der Waals surface area (Å²) in [6.45, 7) is 12.5. The number of aromatic nitrogens is 2. The number of rotatable bonds is 4. The van der Waals surface area contributed by atoms with Gasteiger partial charge in [-0.3, -0.25) is 0 Å². The monoisotopic (exact) mass is 301 g/mol.